The Bertz CT molecular complexity index is 737. The molecule has 4 rings (SSSR count). The lowest BCUT2D eigenvalue weighted by atomic mass is 9.77. The van der Waals surface area contributed by atoms with Crippen molar-refractivity contribution >= 4 is 0 Å². The molecule has 0 saturated heterocycles. The maximum atomic E-state index is 6.16. The fourth-order valence-electron chi connectivity index (χ4n) is 5.04. The molecule has 0 aromatic heterocycles. The average molecular weight is 363 g/mol. The van der Waals surface area contributed by atoms with Gasteiger partial charge in [0, 0.05) is 0 Å². The van der Waals surface area contributed by atoms with Crippen LogP contribution in [0.25, 0.3) is 0 Å². The third-order valence-electron chi connectivity index (χ3n) is 6.42. The van der Waals surface area contributed by atoms with Gasteiger partial charge in [0.05, 0.1) is 26.4 Å². The molecule has 2 nitrogen and oxygen atoms in total. The minimum atomic E-state index is 0.592. The van der Waals surface area contributed by atoms with Crippen molar-refractivity contribution in [1.82, 2.24) is 0 Å². The highest BCUT2D eigenvalue weighted by atomic mass is 16.5. The van der Waals surface area contributed by atoms with Crippen molar-refractivity contribution in [3.05, 3.63) is 83.4 Å². The van der Waals surface area contributed by atoms with Gasteiger partial charge in [0.15, 0.2) is 0 Å². The summed E-state index contributed by atoms with van der Waals surface area (Å²) >= 11 is 0. The van der Waals surface area contributed by atoms with Gasteiger partial charge in [-0.05, 0) is 54.6 Å². The van der Waals surface area contributed by atoms with Gasteiger partial charge in [-0.15, -0.1) is 0 Å². The van der Waals surface area contributed by atoms with E-state index in [-0.39, 0.29) is 0 Å². The van der Waals surface area contributed by atoms with Crippen LogP contribution in [-0.2, 0) is 22.7 Å². The lowest BCUT2D eigenvalue weighted by Gasteiger charge is -2.32. The molecule has 0 amide bonds. The predicted molar refractivity (Wildman–Crippen MR) is 109 cm³/mol. The summed E-state index contributed by atoms with van der Waals surface area (Å²) in [5.74, 6) is 2.68. The SMILES string of the molecule is C/C=C1\C[C@@H]2C[C@H]1[C@H](COCc1ccccc1)[C@@H]2COCc1ccccc1. The Morgan fingerprint density at radius 3 is 1.93 bits per heavy atom. The standard InChI is InChI=1S/C25H30O2/c1-2-21-13-22-14-23(21)25(18-27-16-20-11-7-4-8-12-20)24(22)17-26-15-19-9-5-3-6-10-19/h2-12,22-25H,13-18H2,1H3/b21-2+/t22-,23-,24-,25+/m1/s1. The molecule has 2 aromatic rings. The number of hydrogen-bond acceptors (Lipinski definition) is 2. The third kappa shape index (κ3) is 4.34. The van der Waals surface area contributed by atoms with Gasteiger partial charge in [-0.3, -0.25) is 0 Å². The average Bonchev–Trinajstić information content (AvgIpc) is 3.28. The first-order valence-corrected chi connectivity index (χ1v) is 10.2. The molecule has 2 fully saturated rings. The number of allylic oxidation sites excluding steroid dienone is 2. The van der Waals surface area contributed by atoms with Crippen LogP contribution in [0.2, 0.25) is 0 Å². The van der Waals surface area contributed by atoms with E-state index in [1.165, 1.54) is 24.0 Å². The number of fused-ring (bicyclic) bond motifs is 2. The van der Waals surface area contributed by atoms with Crippen LogP contribution >= 0.6 is 0 Å². The summed E-state index contributed by atoms with van der Waals surface area (Å²) in [6, 6.07) is 21.0. The van der Waals surface area contributed by atoms with Gasteiger partial charge >= 0.3 is 0 Å². The van der Waals surface area contributed by atoms with Gasteiger partial charge in [-0.2, -0.15) is 0 Å². The highest BCUT2D eigenvalue weighted by molar-refractivity contribution is 5.20. The number of ether oxygens (including phenoxy) is 2. The maximum Gasteiger partial charge on any atom is 0.0717 e. The van der Waals surface area contributed by atoms with Crippen LogP contribution in [0, 0.1) is 23.7 Å². The minimum Gasteiger partial charge on any atom is -0.376 e. The van der Waals surface area contributed by atoms with Crippen LogP contribution in [-0.4, -0.2) is 13.2 Å². The first-order chi connectivity index (χ1) is 13.3. The quantitative estimate of drug-likeness (QED) is 0.566. The predicted octanol–water partition coefficient (Wildman–Crippen LogP) is 5.64. The zero-order valence-corrected chi connectivity index (χ0v) is 16.2. The van der Waals surface area contributed by atoms with Crippen molar-refractivity contribution in [2.75, 3.05) is 13.2 Å². The first kappa shape index (κ1) is 18.5. The van der Waals surface area contributed by atoms with Crippen molar-refractivity contribution in [2.45, 2.75) is 33.0 Å². The van der Waals surface area contributed by atoms with Crippen molar-refractivity contribution in [1.29, 1.82) is 0 Å². The Labute approximate surface area is 163 Å². The molecule has 0 unspecified atom stereocenters. The highest BCUT2D eigenvalue weighted by Gasteiger charge is 2.49. The van der Waals surface area contributed by atoms with Gasteiger partial charge in [0.2, 0.25) is 0 Å². The van der Waals surface area contributed by atoms with Crippen molar-refractivity contribution < 1.29 is 9.47 Å². The van der Waals surface area contributed by atoms with E-state index in [0.717, 1.165) is 19.1 Å². The fraction of sp³-hybridized carbons (Fsp3) is 0.440. The zero-order chi connectivity index (χ0) is 18.5. The summed E-state index contributed by atoms with van der Waals surface area (Å²) in [4.78, 5) is 0. The summed E-state index contributed by atoms with van der Waals surface area (Å²) in [7, 11) is 0. The van der Waals surface area contributed by atoms with Crippen LogP contribution in [0.4, 0.5) is 0 Å². The third-order valence-corrected chi connectivity index (χ3v) is 6.42. The second-order valence-electron chi connectivity index (χ2n) is 8.00. The molecule has 2 heteroatoms. The van der Waals surface area contributed by atoms with Crippen LogP contribution in [0.1, 0.15) is 30.9 Å². The zero-order valence-electron chi connectivity index (χ0n) is 16.2. The summed E-state index contributed by atoms with van der Waals surface area (Å²) < 4.78 is 12.3. The van der Waals surface area contributed by atoms with Crippen LogP contribution < -0.4 is 0 Å². The molecule has 2 aliphatic rings. The molecule has 0 aliphatic heterocycles. The van der Waals surface area contributed by atoms with Crippen molar-refractivity contribution in [3.8, 4) is 0 Å². The molecule has 27 heavy (non-hydrogen) atoms. The van der Waals surface area contributed by atoms with Gasteiger partial charge in [-0.1, -0.05) is 72.3 Å². The van der Waals surface area contributed by atoms with E-state index in [4.69, 9.17) is 9.47 Å². The van der Waals surface area contributed by atoms with Crippen molar-refractivity contribution in [2.24, 2.45) is 23.7 Å². The van der Waals surface area contributed by atoms with E-state index in [1.54, 1.807) is 5.57 Å². The molecule has 0 radical (unpaired) electrons. The molecule has 2 saturated carbocycles. The van der Waals surface area contributed by atoms with Crippen LogP contribution in [0.5, 0.6) is 0 Å². The molecule has 2 aliphatic carbocycles. The molecule has 4 atom stereocenters. The van der Waals surface area contributed by atoms with E-state index >= 15 is 0 Å². The normalized spacial score (nSPS) is 28.1. The largest absolute Gasteiger partial charge is 0.376 e. The summed E-state index contributed by atoms with van der Waals surface area (Å²) in [6.07, 6.45) is 4.92. The second kappa shape index (κ2) is 8.86. The molecule has 2 aromatic carbocycles. The minimum absolute atomic E-state index is 0.592. The van der Waals surface area contributed by atoms with Crippen LogP contribution in [0.3, 0.4) is 0 Å². The number of hydrogen-bond donors (Lipinski definition) is 0. The van der Waals surface area contributed by atoms with Crippen molar-refractivity contribution in [3.63, 3.8) is 0 Å². The van der Waals surface area contributed by atoms with Gasteiger partial charge < -0.3 is 9.47 Å². The smallest absolute Gasteiger partial charge is 0.0717 e. The monoisotopic (exact) mass is 362 g/mol. The topological polar surface area (TPSA) is 18.5 Å². The first-order valence-electron chi connectivity index (χ1n) is 10.2. The van der Waals surface area contributed by atoms with Gasteiger partial charge in [0.1, 0.15) is 0 Å². The van der Waals surface area contributed by atoms with Gasteiger partial charge in [0.25, 0.3) is 0 Å². The molecular formula is C25H30O2. The molecule has 0 N–H and O–H groups in total. The Morgan fingerprint density at radius 2 is 1.37 bits per heavy atom. The Hall–Kier alpha value is -1.90. The lowest BCUT2D eigenvalue weighted by molar-refractivity contribution is 0.00831. The number of benzene rings is 2. The Morgan fingerprint density at radius 1 is 0.815 bits per heavy atom. The molecule has 0 heterocycles. The summed E-state index contributed by atoms with van der Waals surface area (Å²) in [6.45, 7) is 5.30. The molecule has 142 valence electrons. The van der Waals surface area contributed by atoms with E-state index < -0.39 is 0 Å². The molecular weight excluding hydrogens is 332 g/mol. The fourth-order valence-corrected chi connectivity index (χ4v) is 5.04. The maximum absolute atomic E-state index is 6.16. The van der Waals surface area contributed by atoms with Gasteiger partial charge in [-0.25, -0.2) is 0 Å². The lowest BCUT2D eigenvalue weighted by Crippen LogP contribution is -2.31. The Balaban J connectivity index is 1.34. The molecule has 2 bridgehead atoms. The summed E-state index contributed by atoms with van der Waals surface area (Å²) in [5.41, 5.74) is 4.16. The number of rotatable bonds is 8. The van der Waals surface area contributed by atoms with E-state index in [0.29, 0.717) is 31.0 Å². The Kier molecular flexibility index (Phi) is 6.06. The van der Waals surface area contributed by atoms with E-state index in [2.05, 4.69) is 73.7 Å². The molecule has 0 spiro atoms. The van der Waals surface area contributed by atoms with Crippen LogP contribution in [0.15, 0.2) is 72.3 Å². The highest BCUT2D eigenvalue weighted by Crippen LogP contribution is 2.55. The second-order valence-corrected chi connectivity index (χ2v) is 8.00. The summed E-state index contributed by atoms with van der Waals surface area (Å²) in [5, 5.41) is 0. The van der Waals surface area contributed by atoms with E-state index in [9.17, 15) is 0 Å². The van der Waals surface area contributed by atoms with E-state index in [1.807, 2.05) is 0 Å².